The first-order chi connectivity index (χ1) is 11.4. The van der Waals surface area contributed by atoms with Gasteiger partial charge in [-0.3, -0.25) is 0 Å². The first-order valence-corrected chi connectivity index (χ1v) is 9.36. The fraction of sp³-hybridized carbons (Fsp3) is 0.250. The smallest absolute Gasteiger partial charge is 0.242 e. The summed E-state index contributed by atoms with van der Waals surface area (Å²) in [6.07, 6.45) is 0. The molecule has 0 aliphatic rings. The summed E-state index contributed by atoms with van der Waals surface area (Å²) in [6.45, 7) is 2.52. The lowest BCUT2D eigenvalue weighted by Crippen LogP contribution is -2.23. The van der Waals surface area contributed by atoms with Crippen LogP contribution < -0.4 is 14.2 Å². The number of rotatable bonds is 7. The van der Waals surface area contributed by atoms with Crippen LogP contribution >= 0.6 is 23.2 Å². The highest BCUT2D eigenvalue weighted by Gasteiger charge is 2.21. The molecule has 0 fully saturated rings. The van der Waals surface area contributed by atoms with Crippen molar-refractivity contribution < 1.29 is 17.9 Å². The average Bonchev–Trinajstić information content (AvgIpc) is 2.56. The molecular formula is C16H17Cl2NO4S. The maximum atomic E-state index is 12.5. The van der Waals surface area contributed by atoms with Crippen LogP contribution in [0, 0.1) is 0 Å². The van der Waals surface area contributed by atoms with Crippen LogP contribution in [0.1, 0.15) is 12.5 Å². The minimum absolute atomic E-state index is 0.0559. The molecular weight excluding hydrogens is 373 g/mol. The van der Waals surface area contributed by atoms with E-state index < -0.39 is 10.0 Å². The van der Waals surface area contributed by atoms with Gasteiger partial charge in [0.1, 0.15) is 21.4 Å². The van der Waals surface area contributed by atoms with E-state index in [0.29, 0.717) is 18.1 Å². The second-order valence-electron chi connectivity index (χ2n) is 4.80. The van der Waals surface area contributed by atoms with Crippen LogP contribution in [0.15, 0.2) is 41.3 Å². The molecule has 2 aromatic carbocycles. The van der Waals surface area contributed by atoms with Gasteiger partial charge in [-0.2, -0.15) is 0 Å². The highest BCUT2D eigenvalue weighted by atomic mass is 35.5. The van der Waals surface area contributed by atoms with Crippen LogP contribution in [0.3, 0.4) is 0 Å². The first-order valence-electron chi connectivity index (χ1n) is 7.12. The first kappa shape index (κ1) is 18.9. The van der Waals surface area contributed by atoms with Crippen LogP contribution in [0.25, 0.3) is 0 Å². The molecule has 2 aromatic rings. The van der Waals surface area contributed by atoms with E-state index in [-0.39, 0.29) is 21.5 Å². The van der Waals surface area contributed by atoms with Crippen LogP contribution in [-0.4, -0.2) is 22.1 Å². The van der Waals surface area contributed by atoms with Gasteiger partial charge < -0.3 is 9.47 Å². The third kappa shape index (κ3) is 4.33. The maximum Gasteiger partial charge on any atom is 0.242 e. The molecule has 0 spiro atoms. The summed E-state index contributed by atoms with van der Waals surface area (Å²) in [5.74, 6) is 0.991. The number of benzene rings is 2. The minimum Gasteiger partial charge on any atom is -0.495 e. The van der Waals surface area contributed by atoms with Crippen molar-refractivity contribution in [1.82, 2.24) is 4.72 Å². The lowest BCUT2D eigenvalue weighted by Gasteiger charge is -2.12. The Morgan fingerprint density at radius 3 is 2.54 bits per heavy atom. The SMILES string of the molecule is CCOc1cccc(CNS(=O)(=O)c2ccc(OC)c(Cl)c2Cl)c1. The average molecular weight is 390 g/mol. The zero-order valence-corrected chi connectivity index (χ0v) is 15.5. The van der Waals surface area contributed by atoms with Gasteiger partial charge in [0.05, 0.1) is 18.7 Å². The van der Waals surface area contributed by atoms with E-state index in [1.54, 1.807) is 18.2 Å². The van der Waals surface area contributed by atoms with Crippen LogP contribution in [-0.2, 0) is 16.6 Å². The van der Waals surface area contributed by atoms with Crippen molar-refractivity contribution in [3.05, 3.63) is 52.0 Å². The molecule has 8 heteroatoms. The third-order valence-electron chi connectivity index (χ3n) is 3.20. The van der Waals surface area contributed by atoms with Crippen LogP contribution in [0.2, 0.25) is 10.0 Å². The van der Waals surface area contributed by atoms with Crippen LogP contribution in [0.5, 0.6) is 11.5 Å². The quantitative estimate of drug-likeness (QED) is 0.780. The topological polar surface area (TPSA) is 64.6 Å². The van der Waals surface area contributed by atoms with Gasteiger partial charge in [-0.25, -0.2) is 13.1 Å². The predicted octanol–water partition coefficient (Wildman–Crippen LogP) is 3.88. The van der Waals surface area contributed by atoms with Gasteiger partial charge in [-0.15, -0.1) is 0 Å². The van der Waals surface area contributed by atoms with Crippen molar-refractivity contribution in [2.45, 2.75) is 18.4 Å². The van der Waals surface area contributed by atoms with E-state index in [9.17, 15) is 8.42 Å². The number of nitrogens with one attached hydrogen (secondary N) is 1. The van der Waals surface area contributed by atoms with Gasteiger partial charge in [0.25, 0.3) is 0 Å². The molecule has 1 N–H and O–H groups in total. The lowest BCUT2D eigenvalue weighted by molar-refractivity contribution is 0.340. The molecule has 130 valence electrons. The minimum atomic E-state index is -3.82. The van der Waals surface area contributed by atoms with E-state index in [0.717, 1.165) is 5.56 Å². The monoisotopic (exact) mass is 389 g/mol. The summed E-state index contributed by atoms with van der Waals surface area (Å²) in [5.41, 5.74) is 0.764. The Morgan fingerprint density at radius 2 is 1.88 bits per heavy atom. The zero-order valence-electron chi connectivity index (χ0n) is 13.2. The van der Waals surface area contributed by atoms with Crippen molar-refractivity contribution in [3.8, 4) is 11.5 Å². The molecule has 0 unspecified atom stereocenters. The molecule has 0 aromatic heterocycles. The Labute approximate surface area is 151 Å². The summed E-state index contributed by atoms with van der Waals surface area (Å²) < 4.78 is 37.8. The molecule has 0 bridgehead atoms. The summed E-state index contributed by atoms with van der Waals surface area (Å²) in [5, 5.41) is -0.0213. The standard InChI is InChI=1S/C16H17Cl2NO4S/c1-3-23-12-6-4-5-11(9-12)10-19-24(20,21)14-8-7-13(22-2)15(17)16(14)18/h4-9,19H,3,10H2,1-2H3. The van der Waals surface area contributed by atoms with Crippen LogP contribution in [0.4, 0.5) is 0 Å². The van der Waals surface area contributed by atoms with Gasteiger partial charge in [0, 0.05) is 6.54 Å². The third-order valence-corrected chi connectivity index (χ3v) is 5.62. The van der Waals surface area contributed by atoms with Gasteiger partial charge in [0.2, 0.25) is 10.0 Å². The molecule has 5 nitrogen and oxygen atoms in total. The highest BCUT2D eigenvalue weighted by molar-refractivity contribution is 7.89. The van der Waals surface area contributed by atoms with Gasteiger partial charge in [-0.05, 0) is 36.8 Å². The molecule has 0 radical (unpaired) electrons. The fourth-order valence-electron chi connectivity index (χ4n) is 2.05. The van der Waals surface area contributed by atoms with Crippen molar-refractivity contribution >= 4 is 33.2 Å². The van der Waals surface area contributed by atoms with E-state index in [1.807, 2.05) is 13.0 Å². The molecule has 0 heterocycles. The number of hydrogen-bond acceptors (Lipinski definition) is 4. The summed E-state index contributed by atoms with van der Waals surface area (Å²) >= 11 is 12.1. The van der Waals surface area contributed by atoms with Crippen molar-refractivity contribution in [3.63, 3.8) is 0 Å². The number of halogens is 2. The molecule has 0 amide bonds. The van der Waals surface area contributed by atoms with Gasteiger partial charge in [-0.1, -0.05) is 35.3 Å². The number of sulfonamides is 1. The molecule has 2 rings (SSSR count). The Bertz CT molecular complexity index is 825. The largest absolute Gasteiger partial charge is 0.495 e. The zero-order chi connectivity index (χ0) is 17.7. The number of methoxy groups -OCH3 is 1. The predicted molar refractivity (Wildman–Crippen MR) is 94.7 cm³/mol. The van der Waals surface area contributed by atoms with E-state index in [1.165, 1.54) is 19.2 Å². The lowest BCUT2D eigenvalue weighted by atomic mass is 10.2. The Hall–Kier alpha value is -1.47. The molecule has 0 atom stereocenters. The number of ether oxygens (including phenoxy) is 2. The molecule has 0 aliphatic heterocycles. The molecule has 0 aliphatic carbocycles. The van der Waals surface area contributed by atoms with Crippen molar-refractivity contribution in [2.75, 3.05) is 13.7 Å². The van der Waals surface area contributed by atoms with Crippen molar-refractivity contribution in [2.24, 2.45) is 0 Å². The van der Waals surface area contributed by atoms with E-state index in [2.05, 4.69) is 4.72 Å². The molecule has 0 saturated carbocycles. The summed E-state index contributed by atoms with van der Waals surface area (Å²) in [7, 11) is -2.40. The van der Waals surface area contributed by atoms with Gasteiger partial charge in [0.15, 0.2) is 0 Å². The summed E-state index contributed by atoms with van der Waals surface area (Å²) in [6, 6.07) is 9.99. The second-order valence-corrected chi connectivity index (χ2v) is 7.29. The molecule has 0 saturated heterocycles. The molecule has 24 heavy (non-hydrogen) atoms. The fourth-order valence-corrected chi connectivity index (χ4v) is 3.90. The van der Waals surface area contributed by atoms with Crippen molar-refractivity contribution in [1.29, 1.82) is 0 Å². The Balaban J connectivity index is 2.20. The Morgan fingerprint density at radius 1 is 1.12 bits per heavy atom. The second kappa shape index (κ2) is 8.07. The maximum absolute atomic E-state index is 12.5. The normalized spacial score (nSPS) is 11.3. The number of hydrogen-bond donors (Lipinski definition) is 1. The summed E-state index contributed by atoms with van der Waals surface area (Å²) in [4.78, 5) is -0.101. The highest BCUT2D eigenvalue weighted by Crippen LogP contribution is 2.36. The van der Waals surface area contributed by atoms with E-state index in [4.69, 9.17) is 32.7 Å². The van der Waals surface area contributed by atoms with Gasteiger partial charge >= 0.3 is 0 Å². The Kier molecular flexibility index (Phi) is 6.34. The van der Waals surface area contributed by atoms with E-state index >= 15 is 0 Å².